The first-order valence-electron chi connectivity index (χ1n) is 9.20. The summed E-state index contributed by atoms with van der Waals surface area (Å²) in [5.74, 6) is 0.644. The minimum Gasteiger partial charge on any atom is -0.325 e. The van der Waals surface area contributed by atoms with E-state index in [-0.39, 0.29) is 5.91 Å². The molecule has 1 fully saturated rings. The van der Waals surface area contributed by atoms with Crippen molar-refractivity contribution in [1.29, 1.82) is 0 Å². The van der Waals surface area contributed by atoms with Gasteiger partial charge < -0.3 is 5.32 Å². The summed E-state index contributed by atoms with van der Waals surface area (Å²) >= 11 is 6.12. The lowest BCUT2D eigenvalue weighted by atomic mass is 9.97. The number of aromatic nitrogens is 2. The lowest BCUT2D eigenvalue weighted by Gasteiger charge is -2.31. The van der Waals surface area contributed by atoms with E-state index in [0.717, 1.165) is 49.4 Å². The molecule has 0 radical (unpaired) electrons. The Hall–Kier alpha value is -1.85. The predicted octanol–water partition coefficient (Wildman–Crippen LogP) is 3.81. The van der Waals surface area contributed by atoms with Gasteiger partial charge in [0.1, 0.15) is 0 Å². The van der Waals surface area contributed by atoms with Crippen molar-refractivity contribution in [3.05, 3.63) is 46.2 Å². The maximum atomic E-state index is 12.3. The van der Waals surface area contributed by atoms with Gasteiger partial charge in [0.05, 0.1) is 12.2 Å². The number of hydrogen-bond acceptors (Lipinski definition) is 3. The molecule has 0 unspecified atom stereocenters. The topological polar surface area (TPSA) is 50.2 Å². The molecule has 1 aliphatic rings. The van der Waals surface area contributed by atoms with Gasteiger partial charge in [0, 0.05) is 22.9 Å². The van der Waals surface area contributed by atoms with Crippen LogP contribution >= 0.6 is 11.6 Å². The van der Waals surface area contributed by atoms with Crippen LogP contribution in [0.15, 0.2) is 24.3 Å². The monoisotopic (exact) mass is 374 g/mol. The van der Waals surface area contributed by atoms with Crippen molar-refractivity contribution < 1.29 is 4.79 Å². The molecule has 3 rings (SSSR count). The fraction of sp³-hybridized carbons (Fsp3) is 0.500. The van der Waals surface area contributed by atoms with Crippen LogP contribution in [0.1, 0.15) is 29.8 Å². The van der Waals surface area contributed by atoms with Crippen molar-refractivity contribution in [2.75, 3.05) is 25.0 Å². The van der Waals surface area contributed by atoms with Gasteiger partial charge in [-0.3, -0.25) is 14.4 Å². The smallest absolute Gasteiger partial charge is 0.238 e. The van der Waals surface area contributed by atoms with Gasteiger partial charge in [-0.25, -0.2) is 0 Å². The Morgan fingerprint density at radius 3 is 2.58 bits per heavy atom. The number of rotatable bonds is 5. The molecule has 2 heterocycles. The highest BCUT2D eigenvalue weighted by molar-refractivity contribution is 6.31. The Morgan fingerprint density at radius 1 is 1.23 bits per heavy atom. The maximum absolute atomic E-state index is 12.3. The number of likely N-dealkylation sites (tertiary alicyclic amines) is 1. The van der Waals surface area contributed by atoms with Crippen molar-refractivity contribution >= 4 is 23.2 Å². The number of carbonyl (C=O) groups excluding carboxylic acids is 1. The second-order valence-corrected chi connectivity index (χ2v) is 7.75. The molecule has 1 aromatic carbocycles. The van der Waals surface area contributed by atoms with Gasteiger partial charge >= 0.3 is 0 Å². The van der Waals surface area contributed by atoms with Gasteiger partial charge in [-0.1, -0.05) is 17.7 Å². The van der Waals surface area contributed by atoms with E-state index in [9.17, 15) is 4.79 Å². The zero-order chi connectivity index (χ0) is 18.7. The summed E-state index contributed by atoms with van der Waals surface area (Å²) in [6.45, 7) is 9.39. The van der Waals surface area contributed by atoms with E-state index in [1.807, 2.05) is 26.0 Å². The second kappa shape index (κ2) is 8.23. The summed E-state index contributed by atoms with van der Waals surface area (Å²) in [4.78, 5) is 14.5. The summed E-state index contributed by atoms with van der Waals surface area (Å²) in [6, 6.07) is 7.73. The molecule has 5 nitrogen and oxygen atoms in total. The quantitative estimate of drug-likeness (QED) is 0.865. The SMILES string of the molecule is Cc1cc(C)n(CC2CCN(CC(=O)Nc3ccc(C)c(Cl)c3)CC2)n1. The van der Waals surface area contributed by atoms with Crippen LogP contribution in [-0.2, 0) is 11.3 Å². The average molecular weight is 375 g/mol. The second-order valence-electron chi connectivity index (χ2n) is 7.34. The van der Waals surface area contributed by atoms with Gasteiger partial charge in [0.25, 0.3) is 0 Å². The molecule has 2 aromatic rings. The molecule has 1 saturated heterocycles. The molecule has 0 atom stereocenters. The molecular weight excluding hydrogens is 348 g/mol. The Morgan fingerprint density at radius 2 is 1.96 bits per heavy atom. The van der Waals surface area contributed by atoms with Crippen LogP contribution < -0.4 is 5.32 Å². The zero-order valence-electron chi connectivity index (χ0n) is 15.8. The van der Waals surface area contributed by atoms with Gasteiger partial charge in [0.2, 0.25) is 5.91 Å². The number of nitrogens with one attached hydrogen (secondary N) is 1. The normalized spacial score (nSPS) is 16.0. The summed E-state index contributed by atoms with van der Waals surface area (Å²) in [5.41, 5.74) is 4.06. The number of hydrogen-bond donors (Lipinski definition) is 1. The van der Waals surface area contributed by atoms with E-state index in [1.165, 1.54) is 5.69 Å². The Bertz CT molecular complexity index is 778. The lowest BCUT2D eigenvalue weighted by molar-refractivity contribution is -0.117. The number of anilines is 1. The standard InChI is InChI=1S/C20H27ClN4O/c1-14-4-5-18(11-19(14)21)22-20(26)13-24-8-6-17(7-9-24)12-25-16(3)10-15(2)23-25/h4-5,10-11,17H,6-9,12-13H2,1-3H3,(H,22,26). The van der Waals surface area contributed by atoms with Gasteiger partial charge in [0.15, 0.2) is 0 Å². The van der Waals surface area contributed by atoms with E-state index in [2.05, 4.69) is 33.0 Å². The fourth-order valence-electron chi connectivity index (χ4n) is 3.51. The number of halogens is 1. The third-order valence-electron chi connectivity index (χ3n) is 5.06. The molecule has 140 valence electrons. The Labute approximate surface area is 160 Å². The van der Waals surface area contributed by atoms with E-state index in [1.54, 1.807) is 6.07 Å². The molecule has 1 aliphatic heterocycles. The highest BCUT2D eigenvalue weighted by Gasteiger charge is 2.22. The predicted molar refractivity (Wildman–Crippen MR) is 106 cm³/mol. The first-order valence-corrected chi connectivity index (χ1v) is 9.58. The van der Waals surface area contributed by atoms with Crippen LogP contribution in [-0.4, -0.2) is 40.2 Å². The van der Waals surface area contributed by atoms with Gasteiger partial charge in [-0.05, 0) is 76.4 Å². The molecule has 6 heteroatoms. The molecular formula is C20H27ClN4O. The molecule has 0 bridgehead atoms. The first-order chi connectivity index (χ1) is 12.4. The van der Waals surface area contributed by atoms with Crippen molar-refractivity contribution in [2.45, 2.75) is 40.2 Å². The summed E-state index contributed by atoms with van der Waals surface area (Å²) < 4.78 is 2.11. The van der Waals surface area contributed by atoms with Crippen LogP contribution in [0.2, 0.25) is 5.02 Å². The Kier molecular flexibility index (Phi) is 5.99. The highest BCUT2D eigenvalue weighted by Crippen LogP contribution is 2.21. The molecule has 1 amide bonds. The van der Waals surface area contributed by atoms with Gasteiger partial charge in [-0.2, -0.15) is 5.10 Å². The average Bonchev–Trinajstić information content (AvgIpc) is 2.90. The van der Waals surface area contributed by atoms with E-state index < -0.39 is 0 Å². The summed E-state index contributed by atoms with van der Waals surface area (Å²) in [6.07, 6.45) is 2.20. The van der Waals surface area contributed by atoms with Crippen LogP contribution in [0, 0.1) is 26.7 Å². The van der Waals surface area contributed by atoms with Crippen LogP contribution in [0.3, 0.4) is 0 Å². The lowest BCUT2D eigenvalue weighted by Crippen LogP contribution is -2.40. The number of benzene rings is 1. The molecule has 0 aliphatic carbocycles. The van der Waals surface area contributed by atoms with Crippen molar-refractivity contribution in [3.8, 4) is 0 Å². The molecule has 0 spiro atoms. The number of amides is 1. The van der Waals surface area contributed by atoms with Gasteiger partial charge in [-0.15, -0.1) is 0 Å². The van der Waals surface area contributed by atoms with Crippen molar-refractivity contribution in [3.63, 3.8) is 0 Å². The molecule has 0 saturated carbocycles. The minimum absolute atomic E-state index is 0.0157. The number of nitrogens with zero attached hydrogens (tertiary/aromatic N) is 3. The molecule has 1 aromatic heterocycles. The maximum Gasteiger partial charge on any atom is 0.238 e. The summed E-state index contributed by atoms with van der Waals surface area (Å²) in [7, 11) is 0. The Balaban J connectivity index is 1.45. The van der Waals surface area contributed by atoms with E-state index in [0.29, 0.717) is 17.5 Å². The minimum atomic E-state index is 0.0157. The third-order valence-corrected chi connectivity index (χ3v) is 5.47. The first kappa shape index (κ1) is 18.9. The van der Waals surface area contributed by atoms with Crippen LogP contribution in [0.5, 0.6) is 0 Å². The number of piperidine rings is 1. The van der Waals surface area contributed by atoms with Crippen LogP contribution in [0.4, 0.5) is 5.69 Å². The third kappa shape index (κ3) is 4.86. The van der Waals surface area contributed by atoms with E-state index in [4.69, 9.17) is 11.6 Å². The number of carbonyl (C=O) groups is 1. The van der Waals surface area contributed by atoms with E-state index >= 15 is 0 Å². The highest BCUT2D eigenvalue weighted by atomic mass is 35.5. The largest absolute Gasteiger partial charge is 0.325 e. The molecule has 26 heavy (non-hydrogen) atoms. The molecule has 1 N–H and O–H groups in total. The number of aryl methyl sites for hydroxylation is 3. The zero-order valence-corrected chi connectivity index (χ0v) is 16.5. The van der Waals surface area contributed by atoms with Crippen molar-refractivity contribution in [2.24, 2.45) is 5.92 Å². The fourth-order valence-corrected chi connectivity index (χ4v) is 3.69. The van der Waals surface area contributed by atoms with Crippen LogP contribution in [0.25, 0.3) is 0 Å². The van der Waals surface area contributed by atoms with Crippen molar-refractivity contribution in [1.82, 2.24) is 14.7 Å². The summed E-state index contributed by atoms with van der Waals surface area (Å²) in [5, 5.41) is 8.17.